The van der Waals surface area contributed by atoms with Crippen LogP contribution in [0.5, 0.6) is 11.5 Å². The number of rotatable bonds is 3. The summed E-state index contributed by atoms with van der Waals surface area (Å²) >= 11 is 0. The maximum Gasteiger partial charge on any atom is 0.342 e. The lowest BCUT2D eigenvalue weighted by atomic mass is 10.1. The Hall–Kier alpha value is -1.85. The second-order valence-electron chi connectivity index (χ2n) is 2.59. The first-order chi connectivity index (χ1) is 7.02. The van der Waals surface area contributed by atoms with Gasteiger partial charge in [0.05, 0.1) is 14.2 Å². The smallest absolute Gasteiger partial charge is 0.342 e. The van der Waals surface area contributed by atoms with Crippen LogP contribution in [0.15, 0.2) is 6.07 Å². The number of halogens is 2. The average molecular weight is 218 g/mol. The predicted octanol–water partition coefficient (Wildman–Crippen LogP) is 1.68. The van der Waals surface area contributed by atoms with Crippen LogP contribution in [-0.4, -0.2) is 25.3 Å². The zero-order chi connectivity index (χ0) is 11.6. The standard InChI is InChI=1S/C9H8F2O4/c1-14-5-3-4(10)8(15-2)7(11)6(5)9(12)13/h3H,1-2H3,(H,12,13). The molecule has 4 nitrogen and oxygen atoms in total. The van der Waals surface area contributed by atoms with E-state index in [1.807, 2.05) is 0 Å². The molecule has 1 aromatic rings. The summed E-state index contributed by atoms with van der Waals surface area (Å²) in [5.41, 5.74) is -0.754. The summed E-state index contributed by atoms with van der Waals surface area (Å²) in [7, 11) is 2.16. The predicted molar refractivity (Wildman–Crippen MR) is 46.4 cm³/mol. The Balaban J connectivity index is 3.53. The second-order valence-corrected chi connectivity index (χ2v) is 2.59. The Morgan fingerprint density at radius 2 is 1.93 bits per heavy atom. The Morgan fingerprint density at radius 3 is 2.33 bits per heavy atom. The molecule has 0 amide bonds. The highest BCUT2D eigenvalue weighted by molar-refractivity contribution is 5.91. The number of hydrogen-bond donors (Lipinski definition) is 1. The van der Waals surface area contributed by atoms with Gasteiger partial charge in [-0.2, -0.15) is 0 Å². The normalized spacial score (nSPS) is 9.87. The molecule has 0 bridgehead atoms. The van der Waals surface area contributed by atoms with Crippen molar-refractivity contribution in [3.8, 4) is 11.5 Å². The Morgan fingerprint density at radius 1 is 1.33 bits per heavy atom. The SMILES string of the molecule is COc1cc(F)c(OC)c(F)c1C(=O)O. The maximum absolute atomic E-state index is 13.4. The van der Waals surface area contributed by atoms with E-state index >= 15 is 0 Å². The van der Waals surface area contributed by atoms with Crippen molar-refractivity contribution in [3.05, 3.63) is 23.3 Å². The number of carboxylic acid groups (broad SMARTS) is 1. The minimum atomic E-state index is -1.55. The molecular formula is C9H8F2O4. The van der Waals surface area contributed by atoms with Gasteiger partial charge < -0.3 is 14.6 Å². The van der Waals surface area contributed by atoms with E-state index in [-0.39, 0.29) is 0 Å². The van der Waals surface area contributed by atoms with Crippen molar-refractivity contribution in [1.82, 2.24) is 0 Å². The van der Waals surface area contributed by atoms with Gasteiger partial charge in [0, 0.05) is 6.07 Å². The number of methoxy groups -OCH3 is 2. The van der Waals surface area contributed by atoms with Crippen molar-refractivity contribution in [1.29, 1.82) is 0 Å². The van der Waals surface area contributed by atoms with E-state index in [0.717, 1.165) is 20.3 Å². The van der Waals surface area contributed by atoms with E-state index in [0.29, 0.717) is 0 Å². The van der Waals surface area contributed by atoms with Crippen molar-refractivity contribution >= 4 is 5.97 Å². The molecular weight excluding hydrogens is 210 g/mol. The molecule has 0 heterocycles. The maximum atomic E-state index is 13.4. The van der Waals surface area contributed by atoms with Gasteiger partial charge in [-0.05, 0) is 0 Å². The summed E-state index contributed by atoms with van der Waals surface area (Å²) in [4.78, 5) is 10.7. The molecule has 0 unspecified atom stereocenters. The van der Waals surface area contributed by atoms with Crippen LogP contribution in [0.3, 0.4) is 0 Å². The number of aromatic carboxylic acids is 1. The minimum absolute atomic E-state index is 0.390. The molecule has 0 fully saturated rings. The molecule has 0 aromatic heterocycles. The molecule has 0 aliphatic carbocycles. The Bertz CT molecular complexity index is 404. The monoisotopic (exact) mass is 218 g/mol. The zero-order valence-electron chi connectivity index (χ0n) is 8.01. The van der Waals surface area contributed by atoms with Crippen LogP contribution < -0.4 is 9.47 Å². The summed E-state index contributed by atoms with van der Waals surface area (Å²) < 4.78 is 35.5. The molecule has 82 valence electrons. The van der Waals surface area contributed by atoms with E-state index in [1.165, 1.54) is 0 Å². The van der Waals surface area contributed by atoms with Crippen molar-refractivity contribution in [2.75, 3.05) is 14.2 Å². The largest absolute Gasteiger partial charge is 0.496 e. The molecule has 1 aromatic carbocycles. The zero-order valence-corrected chi connectivity index (χ0v) is 8.01. The molecule has 15 heavy (non-hydrogen) atoms. The Kier molecular flexibility index (Phi) is 3.08. The molecule has 1 N–H and O–H groups in total. The van der Waals surface area contributed by atoms with Crippen LogP contribution >= 0.6 is 0 Å². The van der Waals surface area contributed by atoms with Crippen molar-refractivity contribution in [2.24, 2.45) is 0 Å². The fraction of sp³-hybridized carbons (Fsp3) is 0.222. The Labute approximate surface area is 84.0 Å². The van der Waals surface area contributed by atoms with E-state index in [4.69, 9.17) is 5.11 Å². The van der Waals surface area contributed by atoms with E-state index in [2.05, 4.69) is 9.47 Å². The number of benzene rings is 1. The summed E-state index contributed by atoms with van der Waals surface area (Å²) in [5, 5.41) is 8.69. The number of hydrogen-bond acceptors (Lipinski definition) is 3. The van der Waals surface area contributed by atoms with Gasteiger partial charge in [-0.15, -0.1) is 0 Å². The quantitative estimate of drug-likeness (QED) is 0.838. The van der Waals surface area contributed by atoms with Gasteiger partial charge in [0.15, 0.2) is 17.4 Å². The summed E-state index contributed by atoms with van der Waals surface area (Å²) in [6, 6.07) is 0.755. The van der Waals surface area contributed by atoms with Gasteiger partial charge in [-0.1, -0.05) is 0 Å². The van der Waals surface area contributed by atoms with Crippen LogP contribution in [-0.2, 0) is 0 Å². The number of carbonyl (C=O) groups is 1. The highest BCUT2D eigenvalue weighted by Crippen LogP contribution is 2.31. The van der Waals surface area contributed by atoms with Crippen LogP contribution in [0, 0.1) is 11.6 Å². The van der Waals surface area contributed by atoms with Crippen molar-refractivity contribution < 1.29 is 28.2 Å². The van der Waals surface area contributed by atoms with Crippen LogP contribution in [0.25, 0.3) is 0 Å². The second kappa shape index (κ2) is 4.12. The van der Waals surface area contributed by atoms with Gasteiger partial charge in [0.2, 0.25) is 0 Å². The van der Waals surface area contributed by atoms with Gasteiger partial charge in [-0.25, -0.2) is 13.6 Å². The molecule has 0 saturated heterocycles. The summed E-state index contributed by atoms with van der Waals surface area (Å²) in [6.07, 6.45) is 0. The van der Waals surface area contributed by atoms with E-state index in [1.54, 1.807) is 0 Å². The molecule has 0 spiro atoms. The first kappa shape index (κ1) is 11.2. The number of ether oxygens (including phenoxy) is 2. The van der Waals surface area contributed by atoms with Crippen LogP contribution in [0.2, 0.25) is 0 Å². The molecule has 0 saturated carbocycles. The highest BCUT2D eigenvalue weighted by atomic mass is 19.1. The lowest BCUT2D eigenvalue weighted by molar-refractivity contribution is 0.0686. The van der Waals surface area contributed by atoms with Gasteiger partial charge in [-0.3, -0.25) is 0 Å². The summed E-state index contributed by atoms with van der Waals surface area (Å²) in [6.45, 7) is 0. The van der Waals surface area contributed by atoms with Gasteiger partial charge >= 0.3 is 5.97 Å². The van der Waals surface area contributed by atoms with E-state index < -0.39 is 34.7 Å². The fourth-order valence-corrected chi connectivity index (χ4v) is 1.13. The third-order valence-electron chi connectivity index (χ3n) is 1.78. The van der Waals surface area contributed by atoms with Crippen LogP contribution in [0.4, 0.5) is 8.78 Å². The first-order valence-electron chi connectivity index (χ1n) is 3.86. The minimum Gasteiger partial charge on any atom is -0.496 e. The highest BCUT2D eigenvalue weighted by Gasteiger charge is 2.24. The summed E-state index contributed by atoms with van der Waals surface area (Å²) in [5.74, 6) is -4.99. The topological polar surface area (TPSA) is 55.8 Å². The van der Waals surface area contributed by atoms with Crippen molar-refractivity contribution in [2.45, 2.75) is 0 Å². The average Bonchev–Trinajstić information content (AvgIpc) is 2.16. The van der Waals surface area contributed by atoms with Crippen molar-refractivity contribution in [3.63, 3.8) is 0 Å². The molecule has 0 aliphatic heterocycles. The van der Waals surface area contributed by atoms with Gasteiger partial charge in [0.25, 0.3) is 0 Å². The molecule has 6 heteroatoms. The van der Waals surface area contributed by atoms with Gasteiger partial charge in [0.1, 0.15) is 11.3 Å². The molecule has 0 aliphatic rings. The molecule has 0 atom stereocenters. The molecule has 0 radical (unpaired) electrons. The molecule has 1 rings (SSSR count). The van der Waals surface area contributed by atoms with Crippen LogP contribution in [0.1, 0.15) is 10.4 Å². The number of carboxylic acids is 1. The lowest BCUT2D eigenvalue weighted by Crippen LogP contribution is -2.07. The van der Waals surface area contributed by atoms with E-state index in [9.17, 15) is 13.6 Å². The first-order valence-corrected chi connectivity index (χ1v) is 3.86. The third-order valence-corrected chi connectivity index (χ3v) is 1.78. The lowest BCUT2D eigenvalue weighted by Gasteiger charge is -2.10. The fourth-order valence-electron chi connectivity index (χ4n) is 1.13. The third kappa shape index (κ3) is 1.83.